The van der Waals surface area contributed by atoms with Gasteiger partial charge in [0.15, 0.2) is 0 Å². The highest BCUT2D eigenvalue weighted by Gasteiger charge is 2.30. The van der Waals surface area contributed by atoms with Gasteiger partial charge in [0.25, 0.3) is 0 Å². The lowest BCUT2D eigenvalue weighted by atomic mass is 10.2. The van der Waals surface area contributed by atoms with E-state index >= 15 is 0 Å². The summed E-state index contributed by atoms with van der Waals surface area (Å²) in [6.45, 7) is -1.48. The smallest absolute Gasteiger partial charge is 0.402 e. The summed E-state index contributed by atoms with van der Waals surface area (Å²) in [4.78, 5) is 11.5. The topological polar surface area (TPSA) is 84.5 Å². The average molecular weight is 434 g/mol. The molecule has 0 saturated carbocycles. The van der Waals surface area contributed by atoms with Gasteiger partial charge in [-0.25, -0.2) is 17.5 Å². The molecule has 0 aliphatic rings. The Bertz CT molecular complexity index is 932. The van der Waals surface area contributed by atoms with Gasteiger partial charge in [0, 0.05) is 18.2 Å². The van der Waals surface area contributed by atoms with Gasteiger partial charge in [-0.2, -0.15) is 13.2 Å². The highest BCUT2D eigenvalue weighted by Crippen LogP contribution is 2.17. The monoisotopic (exact) mass is 434 g/mol. The Kier molecular flexibility index (Phi) is 7.57. The van der Waals surface area contributed by atoms with Crippen LogP contribution in [-0.4, -0.2) is 33.7 Å². The predicted octanol–water partition coefficient (Wildman–Crippen LogP) is 3.46. The maximum atomic E-state index is 13.0. The highest BCUT2D eigenvalue weighted by molar-refractivity contribution is 7.89. The van der Waals surface area contributed by atoms with Crippen LogP contribution in [0.4, 0.5) is 23.2 Å². The van der Waals surface area contributed by atoms with E-state index in [-0.39, 0.29) is 29.5 Å². The molecule has 0 radical (unpaired) electrons. The number of hydrogen-bond acceptors (Lipinski definition) is 4. The van der Waals surface area contributed by atoms with Crippen molar-refractivity contribution in [3.05, 3.63) is 54.3 Å². The number of rotatable bonds is 9. The van der Waals surface area contributed by atoms with E-state index in [0.29, 0.717) is 12.2 Å². The molecule has 29 heavy (non-hydrogen) atoms. The molecule has 0 spiro atoms. The molecule has 2 aromatic carbocycles. The van der Waals surface area contributed by atoms with Crippen LogP contribution in [0.2, 0.25) is 0 Å². The first kappa shape index (κ1) is 22.6. The molecule has 6 nitrogen and oxygen atoms in total. The standard InChI is InChI=1S/C18H18F4N2O4S/c19-13-3-1-4-15(11-13)28-10-2-5-17(25)24-14-6-8-16(9-7-14)29(26,27)23-12-18(20,21)22/h1,3-4,6-9,11,23H,2,5,10,12H2,(H,24,25). The fourth-order valence-electron chi connectivity index (χ4n) is 2.18. The normalized spacial score (nSPS) is 11.9. The van der Waals surface area contributed by atoms with Gasteiger partial charge in [-0.05, 0) is 42.8 Å². The van der Waals surface area contributed by atoms with Gasteiger partial charge in [0.05, 0.1) is 11.5 Å². The Hall–Kier alpha value is -2.66. The van der Waals surface area contributed by atoms with Crippen LogP contribution in [0, 0.1) is 5.82 Å². The third kappa shape index (κ3) is 8.08. The van der Waals surface area contributed by atoms with Gasteiger partial charge in [0.1, 0.15) is 18.1 Å². The number of ether oxygens (including phenoxy) is 1. The van der Waals surface area contributed by atoms with Crippen molar-refractivity contribution in [2.24, 2.45) is 0 Å². The molecule has 0 aliphatic heterocycles. The Morgan fingerprint density at radius 1 is 1.07 bits per heavy atom. The number of carbonyl (C=O) groups excluding carboxylic acids is 1. The third-order valence-electron chi connectivity index (χ3n) is 3.52. The molecule has 2 N–H and O–H groups in total. The lowest BCUT2D eigenvalue weighted by Crippen LogP contribution is -2.33. The largest absolute Gasteiger partial charge is 0.493 e. The van der Waals surface area contributed by atoms with Crippen molar-refractivity contribution < 1.29 is 35.5 Å². The van der Waals surface area contributed by atoms with Crippen LogP contribution in [0.25, 0.3) is 0 Å². The van der Waals surface area contributed by atoms with Crippen LogP contribution >= 0.6 is 0 Å². The van der Waals surface area contributed by atoms with Crippen molar-refractivity contribution in [2.75, 3.05) is 18.5 Å². The molecule has 0 fully saturated rings. The summed E-state index contributed by atoms with van der Waals surface area (Å²) >= 11 is 0. The first-order chi connectivity index (χ1) is 13.5. The summed E-state index contributed by atoms with van der Waals surface area (Å²) < 4.78 is 79.8. The Labute approximate surface area is 164 Å². The molecule has 1 amide bonds. The quantitative estimate of drug-likeness (QED) is 0.468. The van der Waals surface area contributed by atoms with Crippen LogP contribution in [0.1, 0.15) is 12.8 Å². The molecule has 11 heteroatoms. The Morgan fingerprint density at radius 2 is 1.76 bits per heavy atom. The summed E-state index contributed by atoms with van der Waals surface area (Å²) in [5.41, 5.74) is 0.288. The molecule has 2 rings (SSSR count). The minimum Gasteiger partial charge on any atom is -0.493 e. The second-order valence-electron chi connectivity index (χ2n) is 5.92. The predicted molar refractivity (Wildman–Crippen MR) is 97.4 cm³/mol. The Balaban J connectivity index is 1.79. The van der Waals surface area contributed by atoms with E-state index in [1.807, 2.05) is 0 Å². The van der Waals surface area contributed by atoms with Gasteiger partial charge in [-0.3, -0.25) is 4.79 Å². The second kappa shape index (κ2) is 9.70. The van der Waals surface area contributed by atoms with Crippen LogP contribution in [0.15, 0.2) is 53.4 Å². The molecule has 0 bridgehead atoms. The molecule has 0 heterocycles. The third-order valence-corrected chi connectivity index (χ3v) is 4.94. The van der Waals surface area contributed by atoms with Crippen molar-refractivity contribution in [3.8, 4) is 5.75 Å². The Morgan fingerprint density at radius 3 is 2.38 bits per heavy atom. The molecular weight excluding hydrogens is 416 g/mol. The number of benzene rings is 2. The van der Waals surface area contributed by atoms with Crippen molar-refractivity contribution in [1.82, 2.24) is 4.72 Å². The molecular formula is C18H18F4N2O4S. The zero-order valence-electron chi connectivity index (χ0n) is 15.0. The van der Waals surface area contributed by atoms with Crippen molar-refractivity contribution in [2.45, 2.75) is 23.9 Å². The number of carbonyl (C=O) groups is 1. The summed E-state index contributed by atoms with van der Waals surface area (Å²) in [5.74, 6) is -0.445. The fourth-order valence-corrected chi connectivity index (χ4v) is 3.20. The van der Waals surface area contributed by atoms with Crippen molar-refractivity contribution in [3.63, 3.8) is 0 Å². The number of halogens is 4. The van der Waals surface area contributed by atoms with Gasteiger partial charge in [-0.1, -0.05) is 6.07 Å². The van der Waals surface area contributed by atoms with Gasteiger partial charge in [0.2, 0.25) is 15.9 Å². The van der Waals surface area contributed by atoms with E-state index in [4.69, 9.17) is 4.74 Å². The number of amides is 1. The van der Waals surface area contributed by atoms with Gasteiger partial charge in [-0.15, -0.1) is 0 Å². The fraction of sp³-hybridized carbons (Fsp3) is 0.278. The maximum absolute atomic E-state index is 13.0. The first-order valence-corrected chi connectivity index (χ1v) is 9.88. The highest BCUT2D eigenvalue weighted by atomic mass is 32.2. The molecule has 0 atom stereocenters. The van der Waals surface area contributed by atoms with E-state index in [9.17, 15) is 30.8 Å². The maximum Gasteiger partial charge on any atom is 0.402 e. The molecule has 0 saturated heterocycles. The zero-order valence-corrected chi connectivity index (χ0v) is 15.8. The van der Waals surface area contributed by atoms with Crippen molar-refractivity contribution in [1.29, 1.82) is 0 Å². The second-order valence-corrected chi connectivity index (χ2v) is 7.69. The molecule has 0 aliphatic carbocycles. The van der Waals surface area contributed by atoms with E-state index < -0.39 is 28.6 Å². The van der Waals surface area contributed by atoms with Gasteiger partial charge >= 0.3 is 6.18 Å². The zero-order chi connectivity index (χ0) is 21.5. The first-order valence-electron chi connectivity index (χ1n) is 8.40. The number of hydrogen-bond donors (Lipinski definition) is 2. The molecule has 2 aromatic rings. The number of anilines is 1. The van der Waals surface area contributed by atoms with Crippen LogP contribution in [0.3, 0.4) is 0 Å². The minimum absolute atomic E-state index is 0.0997. The van der Waals surface area contributed by atoms with Crippen molar-refractivity contribution >= 4 is 21.6 Å². The summed E-state index contributed by atoms with van der Waals surface area (Å²) in [6.07, 6.45) is -4.21. The molecule has 0 unspecified atom stereocenters. The lowest BCUT2D eigenvalue weighted by Gasteiger charge is -2.10. The number of alkyl halides is 3. The minimum atomic E-state index is -4.67. The lowest BCUT2D eigenvalue weighted by molar-refractivity contribution is -0.121. The van der Waals surface area contributed by atoms with Crippen LogP contribution in [0.5, 0.6) is 5.75 Å². The summed E-state index contributed by atoms with van der Waals surface area (Å²) in [6, 6.07) is 10.3. The SMILES string of the molecule is O=C(CCCOc1cccc(F)c1)Nc1ccc(S(=O)(=O)NCC(F)(F)F)cc1. The van der Waals surface area contributed by atoms with E-state index in [1.54, 1.807) is 6.07 Å². The number of nitrogens with one attached hydrogen (secondary N) is 2. The van der Waals surface area contributed by atoms with E-state index in [1.165, 1.54) is 35.1 Å². The van der Waals surface area contributed by atoms with E-state index in [2.05, 4.69) is 5.32 Å². The van der Waals surface area contributed by atoms with Crippen LogP contribution < -0.4 is 14.8 Å². The van der Waals surface area contributed by atoms with E-state index in [0.717, 1.165) is 12.1 Å². The number of sulfonamides is 1. The summed E-state index contributed by atoms with van der Waals surface area (Å²) in [5, 5.41) is 2.53. The molecule has 0 aromatic heterocycles. The molecule has 158 valence electrons. The van der Waals surface area contributed by atoms with Crippen LogP contribution in [-0.2, 0) is 14.8 Å². The van der Waals surface area contributed by atoms with Gasteiger partial charge < -0.3 is 10.1 Å². The average Bonchev–Trinajstić information content (AvgIpc) is 2.64. The summed E-state index contributed by atoms with van der Waals surface area (Å²) in [7, 11) is -4.31.